The first kappa shape index (κ1) is 32.6. The Morgan fingerprint density at radius 2 is 0.524 bits per heavy atom. The van der Waals surface area contributed by atoms with Crippen molar-refractivity contribution in [3.8, 4) is 35.5 Å². The Hall–Kier alpha value is -2.34. The Balaban J connectivity index is 1.75. The zero-order valence-electron chi connectivity index (χ0n) is 24.4. The highest BCUT2D eigenvalue weighted by Crippen LogP contribution is 2.30. The van der Waals surface area contributed by atoms with E-state index in [1.165, 1.54) is 29.4 Å². The molecule has 0 atom stereocenters. The van der Waals surface area contributed by atoms with Gasteiger partial charge in [-0.2, -0.15) is 0 Å². The maximum absolute atomic E-state index is 3.38. The summed E-state index contributed by atoms with van der Waals surface area (Å²) in [5, 5.41) is 0. The van der Waals surface area contributed by atoms with E-state index in [1.54, 1.807) is 70.6 Å². The molecule has 0 spiro atoms. The van der Waals surface area contributed by atoms with E-state index in [4.69, 9.17) is 0 Å². The predicted octanol–water partition coefficient (Wildman–Crippen LogP) is 10.2. The van der Waals surface area contributed by atoms with Crippen molar-refractivity contribution >= 4 is 70.6 Å². The third-order valence-corrected chi connectivity index (χ3v) is 11.2. The molecule has 0 N–H and O–H groups in total. The molecule has 0 aliphatic heterocycles. The molecule has 0 aliphatic rings. The van der Waals surface area contributed by atoms with Gasteiger partial charge in [-0.1, -0.05) is 35.5 Å². The minimum absolute atomic E-state index is 0.899. The molecule has 0 heterocycles. The topological polar surface area (TPSA) is 0 Å². The van der Waals surface area contributed by atoms with Crippen LogP contribution in [0.5, 0.6) is 0 Å². The van der Waals surface area contributed by atoms with E-state index in [0.29, 0.717) is 0 Å². The molecule has 0 nitrogen and oxygen atoms in total. The van der Waals surface area contributed by atoms with Gasteiger partial charge in [0.05, 0.1) is 0 Å². The molecule has 42 heavy (non-hydrogen) atoms. The van der Waals surface area contributed by atoms with Crippen LogP contribution in [-0.2, 0) is 0 Å². The highest BCUT2D eigenvalue weighted by atomic mass is 32.2. The Morgan fingerprint density at radius 3 is 0.762 bits per heavy atom. The van der Waals surface area contributed by atoms with E-state index in [2.05, 4.69) is 146 Å². The second-order valence-electron chi connectivity index (χ2n) is 8.76. The Kier molecular flexibility index (Phi) is 12.8. The van der Waals surface area contributed by atoms with E-state index >= 15 is 0 Å². The van der Waals surface area contributed by atoms with E-state index in [9.17, 15) is 0 Å². The third-order valence-electron chi connectivity index (χ3n) is 6.14. The molecule has 4 aromatic carbocycles. The molecule has 0 fully saturated rings. The molecular weight excluding hydrogens is 625 g/mol. The highest BCUT2D eigenvalue weighted by Gasteiger charge is 2.04. The zero-order chi connectivity index (χ0) is 29.9. The summed E-state index contributed by atoms with van der Waals surface area (Å²) in [6.45, 7) is 0. The van der Waals surface area contributed by atoms with Crippen molar-refractivity contribution in [1.29, 1.82) is 0 Å². The van der Waals surface area contributed by atoms with Gasteiger partial charge in [0, 0.05) is 62.8 Å². The van der Waals surface area contributed by atoms with E-state index < -0.39 is 0 Å². The van der Waals surface area contributed by atoms with Crippen LogP contribution < -0.4 is 0 Å². The summed E-state index contributed by atoms with van der Waals surface area (Å²) >= 11 is 10.5. The molecule has 0 aliphatic carbocycles. The fourth-order valence-corrected chi connectivity index (χ4v) is 8.45. The van der Waals surface area contributed by atoms with Crippen molar-refractivity contribution in [1.82, 2.24) is 0 Å². The number of benzene rings is 4. The fraction of sp³-hybridized carbons (Fsp3) is 0.167. The maximum Gasteiger partial charge on any atom is 0.0273 e. The quantitative estimate of drug-likeness (QED) is 0.149. The lowest BCUT2D eigenvalue weighted by Gasteiger charge is -2.05. The summed E-state index contributed by atoms with van der Waals surface area (Å²) in [6.07, 6.45) is 12.6. The Morgan fingerprint density at radius 1 is 0.286 bits per heavy atom. The van der Waals surface area contributed by atoms with Gasteiger partial charge in [0.25, 0.3) is 0 Å². The zero-order valence-corrected chi connectivity index (χ0v) is 29.3. The minimum atomic E-state index is 0.899. The predicted molar refractivity (Wildman–Crippen MR) is 194 cm³/mol. The van der Waals surface area contributed by atoms with E-state index in [-0.39, 0.29) is 0 Å². The van der Waals surface area contributed by atoms with Gasteiger partial charge in [0.2, 0.25) is 0 Å². The van der Waals surface area contributed by atoms with E-state index in [0.717, 1.165) is 33.4 Å². The number of thioether (sulfide) groups is 6. The van der Waals surface area contributed by atoms with Crippen LogP contribution in [0.1, 0.15) is 33.4 Å². The molecule has 0 aromatic heterocycles. The fourth-order valence-electron chi connectivity index (χ4n) is 4.02. The van der Waals surface area contributed by atoms with Crippen LogP contribution in [0.25, 0.3) is 0 Å². The van der Waals surface area contributed by atoms with Gasteiger partial charge < -0.3 is 0 Å². The van der Waals surface area contributed by atoms with Crippen LogP contribution in [0.3, 0.4) is 0 Å². The SMILES string of the molecule is CSc1ccc(C#Cc2cc(C#Cc3ccc(SC)c(SC)c3)cc(C#Cc3ccc(SC)c(SC)c3)c2)cc1SC. The van der Waals surface area contributed by atoms with Gasteiger partial charge in [0.1, 0.15) is 0 Å². The average molecular weight is 655 g/mol. The van der Waals surface area contributed by atoms with Gasteiger partial charge in [-0.25, -0.2) is 0 Å². The van der Waals surface area contributed by atoms with Crippen LogP contribution in [0.4, 0.5) is 0 Å². The van der Waals surface area contributed by atoms with E-state index in [1.807, 2.05) is 0 Å². The molecule has 4 rings (SSSR count). The standard InChI is InChI=1S/C36H30S6/c1-37-31-16-13-25(22-34(31)40-4)7-10-28-19-29(11-8-26-14-17-32(38-2)35(23-26)41-5)21-30(20-28)12-9-27-15-18-33(39-3)36(24-27)42-6/h13-24H,1-6H3. The lowest BCUT2D eigenvalue weighted by atomic mass is 10.0. The number of hydrogen-bond donors (Lipinski definition) is 0. The summed E-state index contributed by atoms with van der Waals surface area (Å²) in [5.41, 5.74) is 5.69. The summed E-state index contributed by atoms with van der Waals surface area (Å²) in [7, 11) is 0. The molecular formula is C36H30S6. The summed E-state index contributed by atoms with van der Waals surface area (Å²) in [5.74, 6) is 20.2. The van der Waals surface area contributed by atoms with Gasteiger partial charge in [0.15, 0.2) is 0 Å². The third kappa shape index (κ3) is 8.84. The largest absolute Gasteiger partial charge is 0.128 e. The Bertz CT molecular complexity index is 1550. The number of hydrogen-bond acceptors (Lipinski definition) is 6. The molecule has 6 heteroatoms. The van der Waals surface area contributed by atoms with Gasteiger partial charge >= 0.3 is 0 Å². The summed E-state index contributed by atoms with van der Waals surface area (Å²) in [6, 6.07) is 25.4. The molecule has 0 bridgehead atoms. The van der Waals surface area contributed by atoms with Crippen LogP contribution in [0.15, 0.2) is 102 Å². The van der Waals surface area contributed by atoms with Gasteiger partial charge in [-0.3, -0.25) is 0 Å². The lowest BCUT2D eigenvalue weighted by molar-refractivity contribution is 1.25. The average Bonchev–Trinajstić information content (AvgIpc) is 3.04. The second kappa shape index (κ2) is 16.5. The normalized spacial score (nSPS) is 10.1. The molecule has 0 saturated heterocycles. The molecule has 0 unspecified atom stereocenters. The van der Waals surface area contributed by atoms with Gasteiger partial charge in [-0.15, -0.1) is 70.6 Å². The molecule has 0 amide bonds. The molecule has 4 aromatic rings. The highest BCUT2D eigenvalue weighted by molar-refractivity contribution is 8.02. The molecule has 0 saturated carbocycles. The first-order valence-electron chi connectivity index (χ1n) is 12.9. The first-order valence-corrected chi connectivity index (χ1v) is 20.2. The molecule has 210 valence electrons. The van der Waals surface area contributed by atoms with Crippen molar-refractivity contribution in [2.75, 3.05) is 37.5 Å². The van der Waals surface area contributed by atoms with Crippen molar-refractivity contribution < 1.29 is 0 Å². The number of rotatable bonds is 6. The van der Waals surface area contributed by atoms with Crippen molar-refractivity contribution in [3.05, 3.63) is 106 Å². The van der Waals surface area contributed by atoms with Crippen molar-refractivity contribution in [2.24, 2.45) is 0 Å². The van der Waals surface area contributed by atoms with Crippen LogP contribution >= 0.6 is 70.6 Å². The van der Waals surface area contributed by atoms with Crippen LogP contribution in [0.2, 0.25) is 0 Å². The summed E-state index contributed by atoms with van der Waals surface area (Å²) in [4.78, 5) is 7.55. The monoisotopic (exact) mass is 654 g/mol. The van der Waals surface area contributed by atoms with Gasteiger partial charge in [-0.05, 0) is 110 Å². The minimum Gasteiger partial charge on any atom is -0.128 e. The first-order chi connectivity index (χ1) is 20.5. The molecule has 0 radical (unpaired) electrons. The van der Waals surface area contributed by atoms with Crippen LogP contribution in [-0.4, -0.2) is 37.5 Å². The summed E-state index contributed by atoms with van der Waals surface area (Å²) < 4.78 is 0. The smallest absolute Gasteiger partial charge is 0.0273 e. The lowest BCUT2D eigenvalue weighted by Crippen LogP contribution is -1.87. The van der Waals surface area contributed by atoms with Crippen LogP contribution in [0, 0.1) is 35.5 Å². The second-order valence-corrected chi connectivity index (χ2v) is 13.8. The van der Waals surface area contributed by atoms with Crippen molar-refractivity contribution in [3.63, 3.8) is 0 Å². The maximum atomic E-state index is 3.38. The van der Waals surface area contributed by atoms with Crippen molar-refractivity contribution in [2.45, 2.75) is 29.4 Å². The Labute approximate surface area is 277 Å².